The average Bonchev–Trinajstić information content (AvgIpc) is 2.86. The second-order valence-corrected chi connectivity index (χ2v) is 11.3. The molecule has 0 saturated carbocycles. The number of hydrogen-bond acceptors (Lipinski definition) is 5. The van der Waals surface area contributed by atoms with Gasteiger partial charge in [0, 0.05) is 44.2 Å². The van der Waals surface area contributed by atoms with Crippen LogP contribution in [-0.2, 0) is 27.8 Å². The number of benzene rings is 2. The first-order valence-corrected chi connectivity index (χ1v) is 14.3. The Labute approximate surface area is 224 Å². The third kappa shape index (κ3) is 10.5. The van der Waals surface area contributed by atoms with Crippen molar-refractivity contribution in [2.24, 2.45) is 0 Å². The van der Waals surface area contributed by atoms with Crippen LogP contribution in [0.15, 0.2) is 42.5 Å². The molecule has 0 aliphatic rings. The van der Waals surface area contributed by atoms with Crippen LogP contribution in [-0.4, -0.2) is 61.3 Å². The summed E-state index contributed by atoms with van der Waals surface area (Å²) in [4.78, 5) is 12.7. The van der Waals surface area contributed by atoms with E-state index in [0.29, 0.717) is 32.5 Å². The smallest absolute Gasteiger partial charge is 0.221 e. The van der Waals surface area contributed by atoms with Crippen LogP contribution >= 0.6 is 0 Å². The second-order valence-electron chi connectivity index (χ2n) is 9.16. The number of amides is 1. The largest absolute Gasteiger partial charge is 0.390 e. The number of aliphatic hydroxyl groups excluding tert-OH is 1. The molecule has 0 aliphatic heterocycles. The number of terminal acetylenes is 1. The van der Waals surface area contributed by atoms with Gasteiger partial charge in [0.1, 0.15) is 11.6 Å². The van der Waals surface area contributed by atoms with Crippen molar-refractivity contribution in [2.45, 2.75) is 58.2 Å². The molecule has 2 aromatic rings. The van der Waals surface area contributed by atoms with Gasteiger partial charge in [-0.3, -0.25) is 4.79 Å². The molecule has 0 radical (unpaired) electrons. The van der Waals surface area contributed by atoms with Crippen molar-refractivity contribution in [2.75, 3.05) is 25.4 Å². The van der Waals surface area contributed by atoms with Gasteiger partial charge < -0.3 is 15.7 Å². The lowest BCUT2D eigenvalue weighted by Gasteiger charge is -2.25. The first-order valence-electron chi connectivity index (χ1n) is 12.7. The number of nitrogens with zero attached hydrogens (tertiary/aromatic N) is 1. The van der Waals surface area contributed by atoms with E-state index in [2.05, 4.69) is 16.6 Å². The molecule has 208 valence electrons. The lowest BCUT2D eigenvalue weighted by molar-refractivity contribution is -0.122. The summed E-state index contributed by atoms with van der Waals surface area (Å²) in [5, 5.41) is 16.6. The molecule has 7 nitrogen and oxygen atoms in total. The van der Waals surface area contributed by atoms with Crippen LogP contribution in [0.3, 0.4) is 0 Å². The van der Waals surface area contributed by atoms with Gasteiger partial charge >= 0.3 is 0 Å². The monoisotopic (exact) mass is 549 g/mol. The second kappa shape index (κ2) is 15.5. The van der Waals surface area contributed by atoms with E-state index in [0.717, 1.165) is 29.3 Å². The molecule has 10 heteroatoms. The zero-order valence-corrected chi connectivity index (χ0v) is 22.7. The molecular weight excluding hydrogens is 512 g/mol. The van der Waals surface area contributed by atoms with Crippen LogP contribution in [0.5, 0.6) is 0 Å². The van der Waals surface area contributed by atoms with E-state index in [1.807, 2.05) is 32.0 Å². The molecule has 0 aromatic heterocycles. The summed E-state index contributed by atoms with van der Waals surface area (Å²) in [6, 6.07) is 9.40. The normalized spacial score (nSPS) is 13.2. The summed E-state index contributed by atoms with van der Waals surface area (Å²) >= 11 is 0. The minimum absolute atomic E-state index is 0.0552. The third-order valence-electron chi connectivity index (χ3n) is 5.89. The SMILES string of the molecule is C#Cc1cccc(CNC[C@H](O)[C@H](Cc2cc(F)cc(F)c2)NC(=O)CCS(=O)(=O)N(CCC)CCC)c1. The van der Waals surface area contributed by atoms with Gasteiger partial charge in [-0.25, -0.2) is 21.5 Å². The molecule has 2 rings (SSSR count). The van der Waals surface area contributed by atoms with E-state index in [-0.39, 0.29) is 30.7 Å². The highest BCUT2D eigenvalue weighted by molar-refractivity contribution is 7.89. The topological polar surface area (TPSA) is 98.7 Å². The molecule has 1 amide bonds. The maximum Gasteiger partial charge on any atom is 0.221 e. The molecule has 0 saturated heterocycles. The number of halogens is 2. The van der Waals surface area contributed by atoms with Crippen molar-refractivity contribution in [1.82, 2.24) is 14.9 Å². The molecule has 0 bridgehead atoms. The maximum atomic E-state index is 13.8. The van der Waals surface area contributed by atoms with E-state index in [1.54, 1.807) is 6.07 Å². The first-order chi connectivity index (χ1) is 18.1. The molecule has 3 N–H and O–H groups in total. The zero-order chi connectivity index (χ0) is 28.1. The minimum Gasteiger partial charge on any atom is -0.390 e. The highest BCUT2D eigenvalue weighted by atomic mass is 32.2. The summed E-state index contributed by atoms with van der Waals surface area (Å²) in [6.07, 6.45) is 5.25. The van der Waals surface area contributed by atoms with Crippen LogP contribution < -0.4 is 10.6 Å². The predicted molar refractivity (Wildman–Crippen MR) is 145 cm³/mol. The molecule has 0 spiro atoms. The molecule has 38 heavy (non-hydrogen) atoms. The Hall–Kier alpha value is -2.84. The van der Waals surface area contributed by atoms with Gasteiger partial charge in [0.15, 0.2) is 0 Å². The van der Waals surface area contributed by atoms with Crippen LogP contribution in [0.25, 0.3) is 0 Å². The van der Waals surface area contributed by atoms with Crippen molar-refractivity contribution >= 4 is 15.9 Å². The number of nitrogens with one attached hydrogen (secondary N) is 2. The van der Waals surface area contributed by atoms with Gasteiger partial charge in [0.2, 0.25) is 15.9 Å². The Morgan fingerprint density at radius 1 is 1.08 bits per heavy atom. The Morgan fingerprint density at radius 3 is 2.34 bits per heavy atom. The predicted octanol–water partition coefficient (Wildman–Crippen LogP) is 2.97. The summed E-state index contributed by atoms with van der Waals surface area (Å²) in [5.41, 5.74) is 1.86. The molecule has 2 aromatic carbocycles. The van der Waals surface area contributed by atoms with E-state index in [1.165, 1.54) is 4.31 Å². The summed E-state index contributed by atoms with van der Waals surface area (Å²) in [6.45, 7) is 4.96. The quantitative estimate of drug-likeness (QED) is 0.280. The van der Waals surface area contributed by atoms with Crippen LogP contribution in [0.2, 0.25) is 0 Å². The van der Waals surface area contributed by atoms with Crippen molar-refractivity contribution in [3.05, 3.63) is 70.8 Å². The lowest BCUT2D eigenvalue weighted by Crippen LogP contribution is -2.49. The molecule has 0 aliphatic carbocycles. The standard InChI is InChI=1S/C28H37F2N3O4S/c1-4-11-33(12-5-2)38(36,37)13-10-28(35)32-26(17-23-15-24(29)18-25(30)16-23)27(34)20-31-19-22-9-7-8-21(6-3)14-22/h3,7-9,14-16,18,26-27,31,34H,4-5,10-13,17,19-20H2,1-2H3,(H,32,35)/t26-,27-/m0/s1. The fourth-order valence-electron chi connectivity index (χ4n) is 4.06. The molecular formula is C28H37F2N3O4S. The van der Waals surface area contributed by atoms with Crippen molar-refractivity contribution in [3.63, 3.8) is 0 Å². The van der Waals surface area contributed by atoms with Gasteiger partial charge in [-0.05, 0) is 54.7 Å². The van der Waals surface area contributed by atoms with Crippen molar-refractivity contribution in [1.29, 1.82) is 0 Å². The number of carbonyl (C=O) groups is 1. The van der Waals surface area contributed by atoms with Crippen molar-refractivity contribution < 1.29 is 27.1 Å². The van der Waals surface area contributed by atoms with Gasteiger partial charge in [-0.1, -0.05) is 31.9 Å². The summed E-state index contributed by atoms with van der Waals surface area (Å²) in [7, 11) is -3.63. The lowest BCUT2D eigenvalue weighted by atomic mass is 10.0. The van der Waals surface area contributed by atoms with Crippen LogP contribution in [0.4, 0.5) is 8.78 Å². The molecule has 0 fully saturated rings. The summed E-state index contributed by atoms with van der Waals surface area (Å²) in [5.74, 6) is 0.0520. The number of carbonyl (C=O) groups excluding carboxylic acids is 1. The first kappa shape index (κ1) is 31.4. The maximum absolute atomic E-state index is 13.8. The van der Waals surface area contributed by atoms with Gasteiger partial charge in [-0.2, -0.15) is 0 Å². The minimum atomic E-state index is -3.63. The zero-order valence-electron chi connectivity index (χ0n) is 21.9. The highest BCUT2D eigenvalue weighted by Gasteiger charge is 2.25. The number of aliphatic hydroxyl groups is 1. The molecule has 0 unspecified atom stereocenters. The van der Waals surface area contributed by atoms with Gasteiger partial charge in [-0.15, -0.1) is 6.42 Å². The van der Waals surface area contributed by atoms with Crippen LogP contribution in [0.1, 0.15) is 49.8 Å². The van der Waals surface area contributed by atoms with E-state index in [9.17, 15) is 27.1 Å². The van der Waals surface area contributed by atoms with Crippen molar-refractivity contribution in [3.8, 4) is 12.3 Å². The number of sulfonamides is 1. The van der Waals surface area contributed by atoms with Gasteiger partial charge in [0.25, 0.3) is 0 Å². The number of hydrogen-bond donors (Lipinski definition) is 3. The molecule has 2 atom stereocenters. The average molecular weight is 550 g/mol. The van der Waals surface area contributed by atoms with Crippen LogP contribution in [0, 0.1) is 24.0 Å². The fourth-order valence-corrected chi connectivity index (χ4v) is 5.69. The van der Waals surface area contributed by atoms with E-state index in [4.69, 9.17) is 6.42 Å². The number of rotatable bonds is 16. The Morgan fingerprint density at radius 2 is 1.74 bits per heavy atom. The van der Waals surface area contributed by atoms with Gasteiger partial charge in [0.05, 0.1) is 17.9 Å². The Balaban J connectivity index is 2.08. The van der Waals surface area contributed by atoms with E-state index >= 15 is 0 Å². The Kier molecular flexibility index (Phi) is 12.8. The van der Waals surface area contributed by atoms with E-state index < -0.39 is 39.7 Å². The highest BCUT2D eigenvalue weighted by Crippen LogP contribution is 2.13. The summed E-state index contributed by atoms with van der Waals surface area (Å²) < 4.78 is 54.3. The third-order valence-corrected chi connectivity index (χ3v) is 7.76. The fraction of sp³-hybridized carbons (Fsp3) is 0.464. The molecule has 0 heterocycles. The Bertz CT molecular complexity index is 1170.